The number of benzene rings is 1. The second-order valence-corrected chi connectivity index (χ2v) is 5.66. The minimum atomic E-state index is 0.403. The highest BCUT2D eigenvalue weighted by Crippen LogP contribution is 2.29. The average Bonchev–Trinajstić information content (AvgIpc) is 2.56. The summed E-state index contributed by atoms with van der Waals surface area (Å²) in [6.45, 7) is 6.88. The summed E-state index contributed by atoms with van der Waals surface area (Å²) in [7, 11) is 0. The molecule has 5 nitrogen and oxygen atoms in total. The first-order valence-corrected chi connectivity index (χ1v) is 8.32. The van der Waals surface area contributed by atoms with Crippen molar-refractivity contribution in [3.8, 4) is 11.5 Å². The Hall–Kier alpha value is -1.98. The van der Waals surface area contributed by atoms with Crippen LogP contribution in [0.2, 0.25) is 10.0 Å². The first-order valence-electron chi connectivity index (χ1n) is 7.56. The third-order valence-electron chi connectivity index (χ3n) is 3.10. The fourth-order valence-electron chi connectivity index (χ4n) is 1.97. The van der Waals surface area contributed by atoms with Gasteiger partial charge in [-0.25, -0.2) is 4.98 Å². The molecule has 0 amide bonds. The van der Waals surface area contributed by atoms with E-state index in [0.29, 0.717) is 40.6 Å². The van der Waals surface area contributed by atoms with Crippen LogP contribution in [0.1, 0.15) is 26.3 Å². The lowest BCUT2D eigenvalue weighted by atomic mass is 10.1. The van der Waals surface area contributed by atoms with Gasteiger partial charge in [0.05, 0.1) is 29.0 Å². The lowest BCUT2D eigenvalue weighted by Gasteiger charge is -2.12. The Morgan fingerprint density at radius 1 is 1.12 bits per heavy atom. The second-order valence-electron chi connectivity index (χ2n) is 4.82. The number of halogens is 2. The van der Waals surface area contributed by atoms with E-state index in [1.807, 2.05) is 39.0 Å². The highest BCUT2D eigenvalue weighted by Gasteiger charge is 2.08. The number of hydrogen-bond acceptors (Lipinski definition) is 5. The van der Waals surface area contributed by atoms with Crippen LogP contribution in [0.15, 0.2) is 35.6 Å². The summed E-state index contributed by atoms with van der Waals surface area (Å²) in [5, 5.41) is 5.19. The number of nitrogens with zero attached hydrogens (tertiary/aromatic N) is 2. The number of hydrogen-bond donors (Lipinski definition) is 1. The van der Waals surface area contributed by atoms with Crippen LogP contribution in [0.25, 0.3) is 0 Å². The second kappa shape index (κ2) is 8.76. The molecule has 24 heavy (non-hydrogen) atoms. The summed E-state index contributed by atoms with van der Waals surface area (Å²) >= 11 is 11.9. The van der Waals surface area contributed by atoms with Crippen molar-refractivity contribution in [3.05, 3.63) is 46.1 Å². The van der Waals surface area contributed by atoms with Crippen molar-refractivity contribution in [2.45, 2.75) is 20.8 Å². The maximum absolute atomic E-state index is 6.07. The number of pyridine rings is 1. The highest BCUT2D eigenvalue weighted by atomic mass is 35.5. The quantitative estimate of drug-likeness (QED) is 0.551. The minimum Gasteiger partial charge on any atom is -0.490 e. The molecule has 2 rings (SSSR count). The number of nitrogens with one attached hydrogen (secondary N) is 1. The molecule has 1 N–H and O–H groups in total. The van der Waals surface area contributed by atoms with E-state index >= 15 is 0 Å². The van der Waals surface area contributed by atoms with Gasteiger partial charge in [0, 0.05) is 11.8 Å². The molecule has 0 fully saturated rings. The van der Waals surface area contributed by atoms with Crippen LogP contribution in [0, 0.1) is 0 Å². The van der Waals surface area contributed by atoms with E-state index in [9.17, 15) is 0 Å². The largest absolute Gasteiger partial charge is 0.490 e. The molecular formula is C17H19Cl2N3O2. The molecule has 0 saturated heterocycles. The molecule has 2 aromatic rings. The molecule has 0 aliphatic carbocycles. The zero-order valence-electron chi connectivity index (χ0n) is 13.8. The molecule has 0 radical (unpaired) electrons. The third kappa shape index (κ3) is 4.76. The van der Waals surface area contributed by atoms with E-state index in [4.69, 9.17) is 32.7 Å². The number of rotatable bonds is 7. The van der Waals surface area contributed by atoms with Gasteiger partial charge in [-0.2, -0.15) is 5.10 Å². The normalized spacial score (nSPS) is 11.3. The Labute approximate surface area is 151 Å². The van der Waals surface area contributed by atoms with Crippen LogP contribution >= 0.6 is 23.2 Å². The van der Waals surface area contributed by atoms with Gasteiger partial charge in [-0.05, 0) is 45.0 Å². The van der Waals surface area contributed by atoms with Gasteiger partial charge in [0.2, 0.25) is 0 Å². The van der Waals surface area contributed by atoms with Crippen LogP contribution in [-0.2, 0) is 0 Å². The van der Waals surface area contributed by atoms with Crippen LogP contribution < -0.4 is 14.9 Å². The smallest absolute Gasteiger partial charge is 0.165 e. The van der Waals surface area contributed by atoms with Gasteiger partial charge in [-0.1, -0.05) is 23.2 Å². The summed E-state index contributed by atoms with van der Waals surface area (Å²) < 4.78 is 11.2. The molecule has 1 aromatic carbocycles. The molecule has 0 aliphatic heterocycles. The summed E-state index contributed by atoms with van der Waals surface area (Å²) in [6.07, 6.45) is 1.50. The Balaban J connectivity index is 2.21. The lowest BCUT2D eigenvalue weighted by molar-refractivity contribution is 0.287. The van der Waals surface area contributed by atoms with E-state index in [1.54, 1.807) is 6.07 Å². The molecule has 0 aliphatic rings. The van der Waals surface area contributed by atoms with Crippen LogP contribution in [0.4, 0.5) is 5.82 Å². The van der Waals surface area contributed by atoms with Gasteiger partial charge in [-0.3, -0.25) is 5.43 Å². The Bertz CT molecular complexity index is 736. The number of anilines is 1. The van der Waals surface area contributed by atoms with Gasteiger partial charge >= 0.3 is 0 Å². The van der Waals surface area contributed by atoms with E-state index in [-0.39, 0.29) is 0 Å². The first kappa shape index (κ1) is 18.4. The molecule has 0 saturated carbocycles. The van der Waals surface area contributed by atoms with Crippen molar-refractivity contribution < 1.29 is 9.47 Å². The van der Waals surface area contributed by atoms with Crippen molar-refractivity contribution in [2.24, 2.45) is 5.10 Å². The van der Waals surface area contributed by atoms with Gasteiger partial charge < -0.3 is 9.47 Å². The van der Waals surface area contributed by atoms with E-state index in [2.05, 4.69) is 15.5 Å². The van der Waals surface area contributed by atoms with Crippen molar-refractivity contribution in [1.82, 2.24) is 4.98 Å². The van der Waals surface area contributed by atoms with Crippen molar-refractivity contribution >= 4 is 34.7 Å². The fraction of sp³-hybridized carbons (Fsp3) is 0.294. The summed E-state index contributed by atoms with van der Waals surface area (Å²) in [4.78, 5) is 4.10. The highest BCUT2D eigenvalue weighted by molar-refractivity contribution is 6.35. The number of hydrazone groups is 1. The van der Waals surface area contributed by atoms with Crippen LogP contribution in [0.3, 0.4) is 0 Å². The number of ether oxygens (including phenoxy) is 2. The molecule has 0 atom stereocenters. The first-order chi connectivity index (χ1) is 11.5. The summed E-state index contributed by atoms with van der Waals surface area (Å²) in [5.41, 5.74) is 4.50. The predicted molar refractivity (Wildman–Crippen MR) is 98.9 cm³/mol. The molecular weight excluding hydrogens is 349 g/mol. The topological polar surface area (TPSA) is 55.7 Å². The van der Waals surface area contributed by atoms with Gasteiger partial charge in [0.1, 0.15) is 0 Å². The van der Waals surface area contributed by atoms with Gasteiger partial charge in [0.25, 0.3) is 0 Å². The van der Waals surface area contributed by atoms with Gasteiger partial charge in [0.15, 0.2) is 17.3 Å². The Kier molecular flexibility index (Phi) is 6.70. The standard InChI is InChI=1S/C17H19Cl2N3O2/c1-4-23-15-7-6-12(8-16(15)24-5-2)11(3)21-22-17-14(19)9-13(18)10-20-17/h6-10H,4-5H2,1-3H3,(H,20,22)/b21-11-. The molecule has 0 spiro atoms. The number of aromatic nitrogens is 1. The maximum atomic E-state index is 6.07. The SMILES string of the molecule is CCOc1ccc(/C(C)=N\Nc2ncc(Cl)cc2Cl)cc1OCC. The third-order valence-corrected chi connectivity index (χ3v) is 3.59. The van der Waals surface area contributed by atoms with Crippen molar-refractivity contribution in [2.75, 3.05) is 18.6 Å². The van der Waals surface area contributed by atoms with E-state index in [1.165, 1.54) is 6.20 Å². The molecule has 0 unspecified atom stereocenters. The van der Waals surface area contributed by atoms with Crippen LogP contribution in [-0.4, -0.2) is 23.9 Å². The molecule has 7 heteroatoms. The van der Waals surface area contributed by atoms with Gasteiger partial charge in [-0.15, -0.1) is 0 Å². The maximum Gasteiger partial charge on any atom is 0.165 e. The summed E-state index contributed by atoms with van der Waals surface area (Å²) in [6, 6.07) is 7.29. The summed E-state index contributed by atoms with van der Waals surface area (Å²) in [5.74, 6) is 1.84. The fourth-order valence-corrected chi connectivity index (χ4v) is 2.40. The van der Waals surface area contributed by atoms with E-state index in [0.717, 1.165) is 11.3 Å². The molecule has 128 valence electrons. The zero-order valence-corrected chi connectivity index (χ0v) is 15.3. The van der Waals surface area contributed by atoms with Crippen LogP contribution in [0.5, 0.6) is 11.5 Å². The predicted octanol–water partition coefficient (Wildman–Crippen LogP) is 5.02. The zero-order chi connectivity index (χ0) is 17.5. The Morgan fingerprint density at radius 3 is 2.50 bits per heavy atom. The molecule has 1 aromatic heterocycles. The van der Waals surface area contributed by atoms with Crippen molar-refractivity contribution in [3.63, 3.8) is 0 Å². The van der Waals surface area contributed by atoms with Crippen molar-refractivity contribution in [1.29, 1.82) is 0 Å². The monoisotopic (exact) mass is 367 g/mol. The Morgan fingerprint density at radius 2 is 1.83 bits per heavy atom. The van der Waals surface area contributed by atoms with E-state index < -0.39 is 0 Å². The average molecular weight is 368 g/mol. The lowest BCUT2D eigenvalue weighted by Crippen LogP contribution is -2.04. The molecule has 0 bridgehead atoms. The molecule has 1 heterocycles. The minimum absolute atomic E-state index is 0.403.